The summed E-state index contributed by atoms with van der Waals surface area (Å²) in [4.78, 5) is 8.49. The van der Waals surface area contributed by atoms with Crippen molar-refractivity contribution >= 4 is 0 Å². The second-order valence-corrected chi connectivity index (χ2v) is 3.71. The number of rotatable bonds is 4. The van der Waals surface area contributed by atoms with Crippen LogP contribution in [0.5, 0.6) is 11.8 Å². The summed E-state index contributed by atoms with van der Waals surface area (Å²) >= 11 is 0. The predicted molar refractivity (Wildman–Crippen MR) is 66.0 cm³/mol. The predicted octanol–water partition coefficient (Wildman–Crippen LogP) is 2.30. The molecular formula is C13H15N3O. The monoisotopic (exact) mass is 229 g/mol. The fourth-order valence-corrected chi connectivity index (χ4v) is 1.48. The molecule has 0 saturated carbocycles. The number of aryl methyl sites for hydroxylation is 1. The topological polar surface area (TPSA) is 47.0 Å². The smallest absolute Gasteiger partial charge is 0.322 e. The van der Waals surface area contributed by atoms with E-state index in [1.54, 1.807) is 6.20 Å². The molecule has 0 unspecified atom stereocenters. The van der Waals surface area contributed by atoms with Gasteiger partial charge in [0.15, 0.2) is 0 Å². The fraction of sp³-hybridized carbons (Fsp3) is 0.231. The molecule has 17 heavy (non-hydrogen) atoms. The number of benzene rings is 1. The first kappa shape index (κ1) is 11.5. The Kier molecular flexibility index (Phi) is 3.67. The molecule has 0 aliphatic carbocycles. The third-order valence-electron chi connectivity index (χ3n) is 2.38. The van der Waals surface area contributed by atoms with Gasteiger partial charge in [-0.2, -0.15) is 4.98 Å². The van der Waals surface area contributed by atoms with Crippen LogP contribution < -0.4 is 10.1 Å². The lowest BCUT2D eigenvalue weighted by Crippen LogP contribution is -2.08. The van der Waals surface area contributed by atoms with Crippen molar-refractivity contribution in [3.05, 3.63) is 47.8 Å². The SMILES string of the molecule is CNCc1cnc(Oc2ccccc2)nc1C. The zero-order valence-corrected chi connectivity index (χ0v) is 9.97. The second kappa shape index (κ2) is 5.41. The molecule has 4 nitrogen and oxygen atoms in total. The molecule has 2 aromatic rings. The first-order chi connectivity index (χ1) is 8.29. The molecule has 0 saturated heterocycles. The number of aromatic nitrogens is 2. The highest BCUT2D eigenvalue weighted by Crippen LogP contribution is 2.17. The first-order valence-corrected chi connectivity index (χ1v) is 5.49. The number of hydrogen-bond donors (Lipinski definition) is 1. The molecule has 0 fully saturated rings. The molecule has 1 aromatic carbocycles. The van der Waals surface area contributed by atoms with E-state index >= 15 is 0 Å². The number of hydrogen-bond acceptors (Lipinski definition) is 4. The van der Waals surface area contributed by atoms with Crippen molar-refractivity contribution in [2.24, 2.45) is 0 Å². The van der Waals surface area contributed by atoms with E-state index < -0.39 is 0 Å². The number of nitrogens with one attached hydrogen (secondary N) is 1. The van der Waals surface area contributed by atoms with Gasteiger partial charge in [0.1, 0.15) is 5.75 Å². The van der Waals surface area contributed by atoms with Crippen LogP contribution >= 0.6 is 0 Å². The van der Waals surface area contributed by atoms with Crippen LogP contribution in [0.4, 0.5) is 0 Å². The maximum absolute atomic E-state index is 5.55. The average Bonchev–Trinajstić information content (AvgIpc) is 2.34. The van der Waals surface area contributed by atoms with Crippen LogP contribution in [0.1, 0.15) is 11.3 Å². The van der Waals surface area contributed by atoms with Crippen LogP contribution in [-0.2, 0) is 6.54 Å². The van der Waals surface area contributed by atoms with Crippen molar-refractivity contribution in [2.75, 3.05) is 7.05 Å². The fourth-order valence-electron chi connectivity index (χ4n) is 1.48. The Morgan fingerprint density at radius 2 is 2.00 bits per heavy atom. The molecule has 0 radical (unpaired) electrons. The lowest BCUT2D eigenvalue weighted by molar-refractivity contribution is 0.439. The van der Waals surface area contributed by atoms with E-state index in [1.807, 2.05) is 44.3 Å². The quantitative estimate of drug-likeness (QED) is 0.873. The largest absolute Gasteiger partial charge is 0.424 e. The average molecular weight is 229 g/mol. The summed E-state index contributed by atoms with van der Waals surface area (Å²) < 4.78 is 5.55. The Labute approximate surface area is 101 Å². The standard InChI is InChI=1S/C13H15N3O/c1-10-11(8-14-2)9-15-13(16-10)17-12-6-4-3-5-7-12/h3-7,9,14H,8H2,1-2H3. The minimum Gasteiger partial charge on any atom is -0.424 e. The van der Waals surface area contributed by atoms with Crippen molar-refractivity contribution in [1.29, 1.82) is 0 Å². The van der Waals surface area contributed by atoms with Gasteiger partial charge in [0.25, 0.3) is 0 Å². The van der Waals surface area contributed by atoms with E-state index in [0.717, 1.165) is 23.6 Å². The zero-order valence-electron chi connectivity index (χ0n) is 9.97. The first-order valence-electron chi connectivity index (χ1n) is 5.49. The van der Waals surface area contributed by atoms with Crippen LogP contribution in [0.2, 0.25) is 0 Å². The van der Waals surface area contributed by atoms with Crippen molar-refractivity contribution in [3.63, 3.8) is 0 Å². The molecule has 0 aliphatic heterocycles. The van der Waals surface area contributed by atoms with E-state index in [9.17, 15) is 0 Å². The van der Waals surface area contributed by atoms with Crippen LogP contribution in [0.3, 0.4) is 0 Å². The van der Waals surface area contributed by atoms with Gasteiger partial charge in [0.05, 0.1) is 0 Å². The summed E-state index contributed by atoms with van der Waals surface area (Å²) in [6, 6.07) is 9.90. The Hall–Kier alpha value is -1.94. The van der Waals surface area contributed by atoms with Gasteiger partial charge in [-0.15, -0.1) is 0 Å². The molecule has 2 rings (SSSR count). The zero-order chi connectivity index (χ0) is 12.1. The third kappa shape index (κ3) is 3.01. The molecule has 1 aromatic heterocycles. The molecule has 1 heterocycles. The van der Waals surface area contributed by atoms with Crippen LogP contribution in [-0.4, -0.2) is 17.0 Å². The summed E-state index contributed by atoms with van der Waals surface area (Å²) in [5.74, 6) is 0.744. The highest BCUT2D eigenvalue weighted by molar-refractivity contribution is 5.25. The summed E-state index contributed by atoms with van der Waals surface area (Å²) in [6.07, 6.45) is 1.79. The van der Waals surface area contributed by atoms with Gasteiger partial charge in [-0.1, -0.05) is 18.2 Å². The number of ether oxygens (including phenoxy) is 1. The molecule has 0 atom stereocenters. The molecule has 0 spiro atoms. The van der Waals surface area contributed by atoms with Gasteiger partial charge < -0.3 is 10.1 Å². The van der Waals surface area contributed by atoms with Crippen LogP contribution in [0.25, 0.3) is 0 Å². The molecule has 0 bridgehead atoms. The molecule has 88 valence electrons. The minimum atomic E-state index is 0.383. The molecule has 0 aliphatic rings. The highest BCUT2D eigenvalue weighted by atomic mass is 16.5. The van der Waals surface area contributed by atoms with Crippen LogP contribution in [0, 0.1) is 6.92 Å². The van der Waals surface area contributed by atoms with Crippen LogP contribution in [0.15, 0.2) is 36.5 Å². The van der Waals surface area contributed by atoms with E-state index in [2.05, 4.69) is 15.3 Å². The van der Waals surface area contributed by atoms with Crippen molar-refractivity contribution in [1.82, 2.24) is 15.3 Å². The van der Waals surface area contributed by atoms with Gasteiger partial charge in [-0.05, 0) is 26.1 Å². The molecular weight excluding hydrogens is 214 g/mol. The van der Waals surface area contributed by atoms with Gasteiger partial charge >= 0.3 is 6.01 Å². The van der Waals surface area contributed by atoms with E-state index in [1.165, 1.54) is 0 Å². The van der Waals surface area contributed by atoms with E-state index in [4.69, 9.17) is 4.74 Å². The Morgan fingerprint density at radius 3 is 2.65 bits per heavy atom. The second-order valence-electron chi connectivity index (χ2n) is 3.71. The molecule has 0 amide bonds. The lowest BCUT2D eigenvalue weighted by Gasteiger charge is -2.07. The van der Waals surface area contributed by atoms with E-state index in [-0.39, 0.29) is 0 Å². The van der Waals surface area contributed by atoms with Gasteiger partial charge in [-0.25, -0.2) is 4.98 Å². The summed E-state index contributed by atoms with van der Waals surface area (Å²) in [5, 5.41) is 3.07. The van der Waals surface area contributed by atoms with Crippen molar-refractivity contribution in [3.8, 4) is 11.8 Å². The lowest BCUT2D eigenvalue weighted by atomic mass is 10.2. The maximum Gasteiger partial charge on any atom is 0.322 e. The molecule has 4 heteroatoms. The summed E-state index contributed by atoms with van der Waals surface area (Å²) in [5.41, 5.74) is 2.01. The minimum absolute atomic E-state index is 0.383. The number of nitrogens with zero attached hydrogens (tertiary/aromatic N) is 2. The van der Waals surface area contributed by atoms with Crippen molar-refractivity contribution in [2.45, 2.75) is 13.5 Å². The Morgan fingerprint density at radius 1 is 1.24 bits per heavy atom. The third-order valence-corrected chi connectivity index (χ3v) is 2.38. The number of para-hydroxylation sites is 1. The maximum atomic E-state index is 5.55. The summed E-state index contributed by atoms with van der Waals surface area (Å²) in [6.45, 7) is 2.71. The van der Waals surface area contributed by atoms with Crippen molar-refractivity contribution < 1.29 is 4.74 Å². The summed E-state index contributed by atoms with van der Waals surface area (Å²) in [7, 11) is 1.90. The Bertz CT molecular complexity index is 485. The van der Waals surface area contributed by atoms with Gasteiger partial charge in [0.2, 0.25) is 0 Å². The normalized spacial score (nSPS) is 10.2. The van der Waals surface area contributed by atoms with Gasteiger partial charge in [0, 0.05) is 24.0 Å². The Balaban J connectivity index is 2.15. The van der Waals surface area contributed by atoms with Gasteiger partial charge in [-0.3, -0.25) is 0 Å². The van der Waals surface area contributed by atoms with E-state index in [0.29, 0.717) is 6.01 Å². The highest BCUT2D eigenvalue weighted by Gasteiger charge is 2.04. The molecule has 1 N–H and O–H groups in total.